The first-order valence-corrected chi connectivity index (χ1v) is 12.7. The molecule has 2 aromatic carbocycles. The lowest BCUT2D eigenvalue weighted by molar-refractivity contribution is 0.428. The van der Waals surface area contributed by atoms with Crippen LogP contribution in [0.4, 0.5) is 0 Å². The van der Waals surface area contributed by atoms with E-state index in [2.05, 4.69) is 100 Å². The van der Waals surface area contributed by atoms with Crippen molar-refractivity contribution in [1.82, 2.24) is 0 Å². The van der Waals surface area contributed by atoms with Crippen molar-refractivity contribution in [3.05, 3.63) is 57.6 Å². The van der Waals surface area contributed by atoms with Gasteiger partial charge in [0.1, 0.15) is 11.5 Å². The zero-order valence-corrected chi connectivity index (χ0v) is 23.1. The Morgan fingerprint density at radius 1 is 0.606 bits per heavy atom. The first-order chi connectivity index (χ1) is 15.0. The van der Waals surface area contributed by atoms with E-state index in [0.717, 1.165) is 35.1 Å². The van der Waals surface area contributed by atoms with Gasteiger partial charge >= 0.3 is 0 Å². The Hall–Kier alpha value is -1.96. The van der Waals surface area contributed by atoms with Crippen LogP contribution in [0.5, 0.6) is 11.5 Å². The van der Waals surface area contributed by atoms with Crippen LogP contribution < -0.4 is 0 Å². The van der Waals surface area contributed by atoms with E-state index in [4.69, 9.17) is 0 Å². The van der Waals surface area contributed by atoms with Gasteiger partial charge in [0.25, 0.3) is 0 Å². The third-order valence-corrected chi connectivity index (χ3v) is 6.41. The van der Waals surface area contributed by atoms with Crippen molar-refractivity contribution in [2.24, 2.45) is 11.8 Å². The van der Waals surface area contributed by atoms with Crippen molar-refractivity contribution in [2.45, 2.75) is 112 Å². The molecular formula is C31H48O2. The summed E-state index contributed by atoms with van der Waals surface area (Å²) in [4.78, 5) is 0. The number of benzene rings is 2. The fourth-order valence-corrected chi connectivity index (χ4v) is 4.77. The molecule has 1 unspecified atom stereocenters. The summed E-state index contributed by atoms with van der Waals surface area (Å²) >= 11 is 0. The number of rotatable bonds is 7. The van der Waals surface area contributed by atoms with E-state index in [1.807, 2.05) is 0 Å². The highest BCUT2D eigenvalue weighted by Crippen LogP contribution is 2.41. The fourth-order valence-electron chi connectivity index (χ4n) is 4.77. The van der Waals surface area contributed by atoms with E-state index in [-0.39, 0.29) is 16.7 Å². The average Bonchev–Trinajstić information content (AvgIpc) is 2.62. The molecule has 0 bridgehead atoms. The summed E-state index contributed by atoms with van der Waals surface area (Å²) in [5, 5.41) is 22.5. The van der Waals surface area contributed by atoms with Crippen LogP contribution in [0.15, 0.2) is 24.3 Å². The smallest absolute Gasteiger partial charge is 0.122 e. The van der Waals surface area contributed by atoms with Crippen LogP contribution in [0.1, 0.15) is 115 Å². The van der Waals surface area contributed by atoms with E-state index < -0.39 is 0 Å². The molecule has 2 rings (SSSR count). The molecule has 0 aliphatic carbocycles. The number of hydrogen-bond acceptors (Lipinski definition) is 2. The van der Waals surface area contributed by atoms with Gasteiger partial charge in [0, 0.05) is 0 Å². The number of hydrogen-bond donors (Lipinski definition) is 2. The molecule has 0 amide bonds. The molecule has 0 aliphatic heterocycles. The van der Waals surface area contributed by atoms with Crippen molar-refractivity contribution in [2.75, 3.05) is 0 Å². The summed E-state index contributed by atoms with van der Waals surface area (Å²) < 4.78 is 0. The molecule has 0 saturated heterocycles. The van der Waals surface area contributed by atoms with Crippen molar-refractivity contribution in [3.8, 4) is 11.5 Å². The first-order valence-electron chi connectivity index (χ1n) is 12.7. The Morgan fingerprint density at radius 2 is 1.03 bits per heavy atom. The summed E-state index contributed by atoms with van der Waals surface area (Å²) in [5.41, 5.74) is 6.29. The number of phenols is 2. The molecule has 2 nitrogen and oxygen atoms in total. The predicted molar refractivity (Wildman–Crippen MR) is 143 cm³/mol. The lowest BCUT2D eigenvalue weighted by Crippen LogP contribution is -2.15. The molecule has 2 N–H and O–H groups in total. The quantitative estimate of drug-likeness (QED) is 0.442. The summed E-state index contributed by atoms with van der Waals surface area (Å²) in [5.74, 6) is 2.02. The number of aromatic hydroxyl groups is 2. The SMILES string of the molecule is CC(C)Cc1cc(CC(C)c2cc(CC(C)C)cc(C(C)(C)C)c2O)c(O)c(C(C)(C)C)c1. The van der Waals surface area contributed by atoms with E-state index in [0.29, 0.717) is 29.8 Å². The van der Waals surface area contributed by atoms with E-state index in [1.165, 1.54) is 11.1 Å². The maximum absolute atomic E-state index is 11.3. The van der Waals surface area contributed by atoms with Crippen molar-refractivity contribution >= 4 is 0 Å². The van der Waals surface area contributed by atoms with Gasteiger partial charge in [0.2, 0.25) is 0 Å². The largest absolute Gasteiger partial charge is 0.507 e. The average molecular weight is 453 g/mol. The molecule has 33 heavy (non-hydrogen) atoms. The second kappa shape index (κ2) is 10.1. The van der Waals surface area contributed by atoms with Gasteiger partial charge in [-0.15, -0.1) is 0 Å². The highest BCUT2D eigenvalue weighted by atomic mass is 16.3. The van der Waals surface area contributed by atoms with Crippen LogP contribution in [0.3, 0.4) is 0 Å². The minimum atomic E-state index is -0.135. The third-order valence-electron chi connectivity index (χ3n) is 6.41. The Balaban J connectivity index is 2.58. The molecule has 184 valence electrons. The second-order valence-electron chi connectivity index (χ2n) is 13.0. The molecule has 0 fully saturated rings. The van der Waals surface area contributed by atoms with Gasteiger partial charge in [-0.3, -0.25) is 0 Å². The molecular weight excluding hydrogens is 404 g/mol. The van der Waals surface area contributed by atoms with Crippen LogP contribution in [0.25, 0.3) is 0 Å². The van der Waals surface area contributed by atoms with E-state index in [9.17, 15) is 10.2 Å². The summed E-state index contributed by atoms with van der Waals surface area (Å²) in [6.45, 7) is 24.1. The van der Waals surface area contributed by atoms with E-state index >= 15 is 0 Å². The van der Waals surface area contributed by atoms with Gasteiger partial charge in [-0.1, -0.05) is 100 Å². The van der Waals surface area contributed by atoms with Crippen LogP contribution in [0, 0.1) is 11.8 Å². The normalized spacial score (nSPS) is 13.7. The zero-order chi connectivity index (χ0) is 25.3. The van der Waals surface area contributed by atoms with Crippen LogP contribution >= 0.6 is 0 Å². The molecule has 0 aromatic heterocycles. The zero-order valence-electron chi connectivity index (χ0n) is 23.1. The highest BCUT2D eigenvalue weighted by molar-refractivity contribution is 5.51. The van der Waals surface area contributed by atoms with Crippen molar-refractivity contribution in [3.63, 3.8) is 0 Å². The second-order valence-corrected chi connectivity index (χ2v) is 13.0. The first kappa shape index (κ1) is 27.3. The lowest BCUT2D eigenvalue weighted by atomic mass is 9.79. The van der Waals surface area contributed by atoms with Gasteiger partial charge in [0.05, 0.1) is 0 Å². The van der Waals surface area contributed by atoms with Crippen LogP contribution in [-0.4, -0.2) is 10.2 Å². The maximum Gasteiger partial charge on any atom is 0.122 e. The summed E-state index contributed by atoms with van der Waals surface area (Å²) in [6, 6.07) is 8.74. The Labute approximate surface area is 203 Å². The molecule has 0 heterocycles. The van der Waals surface area contributed by atoms with Gasteiger partial charge in [0.15, 0.2) is 0 Å². The van der Waals surface area contributed by atoms with Crippen LogP contribution in [0.2, 0.25) is 0 Å². The Kier molecular flexibility index (Phi) is 8.37. The summed E-state index contributed by atoms with van der Waals surface area (Å²) in [6.07, 6.45) is 2.68. The molecule has 2 aromatic rings. The standard InChI is InChI=1S/C31H48O2/c1-19(2)12-22-15-24(28(32)26(17-22)30(6,7)8)14-21(5)25-16-23(13-20(3)4)18-27(29(25)33)31(9,10)11/h15-21,32-33H,12-14H2,1-11H3. The maximum atomic E-state index is 11.3. The van der Waals surface area contributed by atoms with E-state index in [1.54, 1.807) is 0 Å². The van der Waals surface area contributed by atoms with Gasteiger partial charge in [-0.2, -0.15) is 0 Å². The molecule has 0 radical (unpaired) electrons. The fraction of sp³-hybridized carbons (Fsp3) is 0.613. The topological polar surface area (TPSA) is 40.5 Å². The Bertz CT molecular complexity index is 952. The van der Waals surface area contributed by atoms with Gasteiger partial charge in [-0.25, -0.2) is 0 Å². The molecule has 2 heteroatoms. The van der Waals surface area contributed by atoms with Crippen molar-refractivity contribution < 1.29 is 10.2 Å². The van der Waals surface area contributed by atoms with Gasteiger partial charge < -0.3 is 10.2 Å². The predicted octanol–water partition coefficient (Wildman–Crippen LogP) is 8.44. The monoisotopic (exact) mass is 452 g/mol. The molecule has 0 saturated carbocycles. The van der Waals surface area contributed by atoms with Crippen LogP contribution in [-0.2, 0) is 30.1 Å². The molecule has 0 aliphatic rings. The minimum Gasteiger partial charge on any atom is -0.507 e. The molecule has 0 spiro atoms. The number of phenolic OH excluding ortho intramolecular Hbond substituents is 2. The molecule has 1 atom stereocenters. The highest BCUT2D eigenvalue weighted by Gasteiger charge is 2.26. The minimum absolute atomic E-state index is 0.0891. The lowest BCUT2D eigenvalue weighted by Gasteiger charge is -2.27. The third kappa shape index (κ3) is 7.01. The van der Waals surface area contributed by atoms with Crippen molar-refractivity contribution in [1.29, 1.82) is 0 Å². The van der Waals surface area contributed by atoms with Gasteiger partial charge in [-0.05, 0) is 81.2 Å². The Morgan fingerprint density at radius 3 is 1.45 bits per heavy atom. The summed E-state index contributed by atoms with van der Waals surface area (Å²) in [7, 11) is 0.